The molecule has 2 heterocycles. The number of halogens is 3. The SMILES string of the molecule is COOSN1CCCN(C(=O)n2cc(C(F)(F)F)cn2)CC1. The summed E-state index contributed by atoms with van der Waals surface area (Å²) >= 11 is 1.03. The molecule has 1 aromatic rings. The van der Waals surface area contributed by atoms with Crippen molar-refractivity contribution in [2.24, 2.45) is 0 Å². The van der Waals surface area contributed by atoms with Gasteiger partial charge in [-0.2, -0.15) is 23.0 Å². The van der Waals surface area contributed by atoms with Crippen LogP contribution in [0.4, 0.5) is 18.0 Å². The molecule has 1 aliphatic rings. The minimum Gasteiger partial charge on any atom is -0.321 e. The quantitative estimate of drug-likeness (QED) is 0.363. The van der Waals surface area contributed by atoms with Crippen molar-refractivity contribution in [1.82, 2.24) is 19.0 Å². The molecule has 0 aromatic carbocycles. The van der Waals surface area contributed by atoms with Crippen molar-refractivity contribution in [3.05, 3.63) is 18.0 Å². The normalized spacial score (nSPS) is 17.5. The van der Waals surface area contributed by atoms with E-state index in [2.05, 4.69) is 9.99 Å². The Kier molecular flexibility index (Phi) is 5.67. The molecule has 22 heavy (non-hydrogen) atoms. The minimum absolute atomic E-state index is 0.361. The van der Waals surface area contributed by atoms with Crippen molar-refractivity contribution >= 4 is 18.3 Å². The Morgan fingerprint density at radius 2 is 2.09 bits per heavy atom. The van der Waals surface area contributed by atoms with Gasteiger partial charge < -0.3 is 4.90 Å². The van der Waals surface area contributed by atoms with Gasteiger partial charge in [0.2, 0.25) is 0 Å². The molecule has 0 aliphatic carbocycles. The van der Waals surface area contributed by atoms with Gasteiger partial charge in [0.25, 0.3) is 0 Å². The molecule has 1 amide bonds. The zero-order valence-corrected chi connectivity index (χ0v) is 12.6. The van der Waals surface area contributed by atoms with Gasteiger partial charge in [-0.05, 0) is 6.42 Å². The predicted molar refractivity (Wildman–Crippen MR) is 71.5 cm³/mol. The van der Waals surface area contributed by atoms with E-state index in [-0.39, 0.29) is 0 Å². The van der Waals surface area contributed by atoms with Gasteiger partial charge in [-0.3, -0.25) is 0 Å². The maximum atomic E-state index is 12.5. The van der Waals surface area contributed by atoms with Gasteiger partial charge in [0.1, 0.15) is 12.2 Å². The summed E-state index contributed by atoms with van der Waals surface area (Å²) in [7, 11) is 1.39. The molecule has 0 bridgehead atoms. The molecule has 0 saturated carbocycles. The summed E-state index contributed by atoms with van der Waals surface area (Å²) in [5.74, 6) is 0. The van der Waals surface area contributed by atoms with Crippen LogP contribution in [0.25, 0.3) is 0 Å². The Hall–Kier alpha value is -1.30. The fraction of sp³-hybridized carbons (Fsp3) is 0.636. The molecule has 1 fully saturated rings. The topological polar surface area (TPSA) is 59.8 Å². The minimum atomic E-state index is -4.51. The van der Waals surface area contributed by atoms with Gasteiger partial charge in [0.05, 0.1) is 18.9 Å². The molecular formula is C11H15F3N4O3S. The second-order valence-corrected chi connectivity index (χ2v) is 5.33. The highest BCUT2D eigenvalue weighted by molar-refractivity contribution is 7.92. The first-order chi connectivity index (χ1) is 10.4. The molecule has 7 nitrogen and oxygen atoms in total. The first-order valence-electron chi connectivity index (χ1n) is 6.45. The van der Waals surface area contributed by atoms with E-state index >= 15 is 0 Å². The van der Waals surface area contributed by atoms with Crippen molar-refractivity contribution in [2.45, 2.75) is 12.6 Å². The van der Waals surface area contributed by atoms with Gasteiger partial charge >= 0.3 is 12.2 Å². The first kappa shape index (κ1) is 17.1. The number of aromatic nitrogens is 2. The second-order valence-electron chi connectivity index (χ2n) is 4.53. The molecule has 1 aromatic heterocycles. The monoisotopic (exact) mass is 340 g/mol. The van der Waals surface area contributed by atoms with E-state index in [4.69, 9.17) is 4.33 Å². The summed E-state index contributed by atoms with van der Waals surface area (Å²) in [5.41, 5.74) is -0.943. The van der Waals surface area contributed by atoms with Crippen LogP contribution in [0.3, 0.4) is 0 Å². The summed E-state index contributed by atoms with van der Waals surface area (Å²) in [6.45, 7) is 1.97. The number of carbonyl (C=O) groups excluding carboxylic acids is 1. The third-order valence-electron chi connectivity index (χ3n) is 3.04. The van der Waals surface area contributed by atoms with E-state index in [1.165, 1.54) is 12.0 Å². The maximum Gasteiger partial charge on any atom is 0.419 e. The Labute approximate surface area is 129 Å². The van der Waals surface area contributed by atoms with Crippen molar-refractivity contribution < 1.29 is 27.2 Å². The lowest BCUT2D eigenvalue weighted by atomic mass is 10.3. The standard InChI is InChI=1S/C11H15F3N4O3S/c1-20-21-22-17-4-2-3-16(5-6-17)10(19)18-8-9(7-15-18)11(12,13)14/h7-8H,2-6H2,1H3. The average molecular weight is 340 g/mol. The zero-order chi connectivity index (χ0) is 16.2. The molecular weight excluding hydrogens is 325 g/mol. The third kappa shape index (κ3) is 4.35. The lowest BCUT2D eigenvalue weighted by molar-refractivity contribution is -0.163. The smallest absolute Gasteiger partial charge is 0.321 e. The number of amides is 1. The molecule has 1 saturated heterocycles. The molecule has 0 N–H and O–H groups in total. The molecule has 0 spiro atoms. The van der Waals surface area contributed by atoms with E-state index in [1.807, 2.05) is 4.31 Å². The van der Waals surface area contributed by atoms with E-state index in [1.54, 1.807) is 0 Å². The summed E-state index contributed by atoms with van der Waals surface area (Å²) < 4.78 is 44.9. The van der Waals surface area contributed by atoms with E-state index in [0.29, 0.717) is 45.0 Å². The predicted octanol–water partition coefficient (Wildman–Crippen LogP) is 2.02. The van der Waals surface area contributed by atoms with Crippen LogP contribution in [0.5, 0.6) is 0 Å². The van der Waals surface area contributed by atoms with E-state index in [0.717, 1.165) is 16.9 Å². The van der Waals surface area contributed by atoms with Gasteiger partial charge in [0.15, 0.2) is 0 Å². The Morgan fingerprint density at radius 3 is 2.73 bits per heavy atom. The molecule has 0 unspecified atom stereocenters. The van der Waals surface area contributed by atoms with Crippen LogP contribution in [-0.4, -0.2) is 58.3 Å². The van der Waals surface area contributed by atoms with Gasteiger partial charge in [-0.1, -0.05) is 0 Å². The zero-order valence-electron chi connectivity index (χ0n) is 11.7. The maximum absolute atomic E-state index is 12.5. The average Bonchev–Trinajstić information content (AvgIpc) is 2.85. The highest BCUT2D eigenvalue weighted by atomic mass is 32.2. The fourth-order valence-corrected chi connectivity index (χ4v) is 2.46. The van der Waals surface area contributed by atoms with Crippen LogP contribution in [0.15, 0.2) is 12.4 Å². The molecule has 124 valence electrons. The fourth-order valence-electron chi connectivity index (χ4n) is 1.95. The highest BCUT2D eigenvalue weighted by Crippen LogP contribution is 2.28. The number of rotatable bonds is 3. The Bertz CT molecular complexity index is 511. The summed E-state index contributed by atoms with van der Waals surface area (Å²) in [4.78, 5) is 18.1. The van der Waals surface area contributed by atoms with Crippen molar-refractivity contribution in [3.8, 4) is 0 Å². The highest BCUT2D eigenvalue weighted by Gasteiger charge is 2.33. The van der Waals surface area contributed by atoms with Crippen LogP contribution in [0.2, 0.25) is 0 Å². The van der Waals surface area contributed by atoms with E-state index in [9.17, 15) is 18.0 Å². The Morgan fingerprint density at radius 1 is 1.32 bits per heavy atom. The van der Waals surface area contributed by atoms with Crippen molar-refractivity contribution in [3.63, 3.8) is 0 Å². The molecule has 0 atom stereocenters. The lowest BCUT2D eigenvalue weighted by Crippen LogP contribution is -2.37. The van der Waals surface area contributed by atoms with E-state index < -0.39 is 17.8 Å². The number of alkyl halides is 3. The van der Waals surface area contributed by atoms with Crippen molar-refractivity contribution in [1.29, 1.82) is 0 Å². The lowest BCUT2D eigenvalue weighted by Gasteiger charge is -2.20. The summed E-state index contributed by atoms with van der Waals surface area (Å²) in [6, 6.07) is -0.574. The molecule has 0 radical (unpaired) electrons. The van der Waals surface area contributed by atoms with Crippen LogP contribution in [-0.2, 0) is 15.4 Å². The van der Waals surface area contributed by atoms with Crippen LogP contribution in [0.1, 0.15) is 12.0 Å². The largest absolute Gasteiger partial charge is 0.419 e. The Balaban J connectivity index is 1.96. The van der Waals surface area contributed by atoms with Crippen LogP contribution < -0.4 is 0 Å². The number of nitrogens with zero attached hydrogens (tertiary/aromatic N) is 4. The molecule has 1 aliphatic heterocycles. The number of hydrogen-bond donors (Lipinski definition) is 0. The van der Waals surface area contributed by atoms with Crippen LogP contribution >= 0.6 is 12.2 Å². The first-order valence-corrected chi connectivity index (χ1v) is 7.15. The van der Waals surface area contributed by atoms with Crippen LogP contribution in [0, 0.1) is 0 Å². The van der Waals surface area contributed by atoms with Gasteiger partial charge in [0, 0.05) is 32.4 Å². The molecule has 2 rings (SSSR count). The summed E-state index contributed by atoms with van der Waals surface area (Å²) in [6.07, 6.45) is -2.50. The number of hydrogen-bond acceptors (Lipinski definition) is 6. The summed E-state index contributed by atoms with van der Waals surface area (Å²) in [5, 5.41) is 3.50. The van der Waals surface area contributed by atoms with Crippen molar-refractivity contribution in [2.75, 3.05) is 33.3 Å². The second kappa shape index (κ2) is 7.31. The van der Waals surface area contributed by atoms with Gasteiger partial charge in [-0.15, -0.1) is 4.33 Å². The molecule has 11 heteroatoms. The number of carbonyl (C=O) groups is 1. The van der Waals surface area contributed by atoms with Gasteiger partial charge in [-0.25, -0.2) is 14.0 Å². The third-order valence-corrected chi connectivity index (χ3v) is 3.81.